The molecule has 2 aromatic heterocycles. The summed E-state index contributed by atoms with van der Waals surface area (Å²) in [6.45, 7) is 4.95. The molecule has 0 unspecified atom stereocenters. The first kappa shape index (κ1) is 16.8. The molecule has 0 bridgehead atoms. The Bertz CT molecular complexity index is 832. The summed E-state index contributed by atoms with van der Waals surface area (Å²) in [4.78, 5) is 14.0. The highest BCUT2D eigenvalue weighted by Gasteiger charge is 2.16. The summed E-state index contributed by atoms with van der Waals surface area (Å²) in [6, 6.07) is 11.3. The van der Waals surface area contributed by atoms with Gasteiger partial charge in [-0.2, -0.15) is 5.10 Å². The van der Waals surface area contributed by atoms with E-state index in [9.17, 15) is 4.79 Å². The maximum Gasteiger partial charge on any atom is 0.274 e. The minimum atomic E-state index is -0.168. The van der Waals surface area contributed by atoms with Crippen LogP contribution >= 0.6 is 0 Å². The molecule has 0 fully saturated rings. The summed E-state index contributed by atoms with van der Waals surface area (Å²) < 4.78 is 11.0. The number of furan rings is 1. The van der Waals surface area contributed by atoms with Gasteiger partial charge in [0, 0.05) is 13.1 Å². The van der Waals surface area contributed by atoms with Gasteiger partial charge in [-0.1, -0.05) is 6.07 Å². The van der Waals surface area contributed by atoms with Crippen molar-refractivity contribution in [2.24, 2.45) is 0 Å². The number of aryl methyl sites for hydroxylation is 2. The number of nitrogens with one attached hydrogen (secondary N) is 1. The predicted octanol–water partition coefficient (Wildman–Crippen LogP) is 3.44. The van der Waals surface area contributed by atoms with Gasteiger partial charge in [0.25, 0.3) is 5.91 Å². The molecule has 0 atom stereocenters. The van der Waals surface area contributed by atoms with Crippen LogP contribution in [0.1, 0.15) is 21.6 Å². The normalized spacial score (nSPS) is 10.7. The number of hydrogen-bond acceptors (Lipinski definition) is 4. The molecule has 0 radical (unpaired) electrons. The molecule has 2 heterocycles. The second-order valence-electron chi connectivity index (χ2n) is 6.04. The summed E-state index contributed by atoms with van der Waals surface area (Å²) in [5, 5.41) is 6.88. The maximum absolute atomic E-state index is 12.4. The van der Waals surface area contributed by atoms with Crippen molar-refractivity contribution in [1.82, 2.24) is 15.1 Å². The summed E-state index contributed by atoms with van der Waals surface area (Å²) in [5.74, 6) is 1.30. The molecule has 1 amide bonds. The molecule has 3 rings (SSSR count). The Morgan fingerprint density at radius 1 is 1.24 bits per heavy atom. The summed E-state index contributed by atoms with van der Waals surface area (Å²) in [5.41, 5.74) is 3.33. The first-order valence-corrected chi connectivity index (χ1v) is 8.09. The lowest BCUT2D eigenvalue weighted by Crippen LogP contribution is -2.31. The van der Waals surface area contributed by atoms with E-state index in [-0.39, 0.29) is 5.91 Å². The Morgan fingerprint density at radius 3 is 2.68 bits per heavy atom. The first-order chi connectivity index (χ1) is 12.0. The van der Waals surface area contributed by atoms with Crippen LogP contribution in [-0.2, 0) is 0 Å². The van der Waals surface area contributed by atoms with Crippen LogP contribution in [0.3, 0.4) is 0 Å². The first-order valence-electron chi connectivity index (χ1n) is 8.09. The molecule has 0 aliphatic rings. The van der Waals surface area contributed by atoms with Gasteiger partial charge in [-0.3, -0.25) is 9.89 Å². The number of carbonyl (C=O) groups excluding carboxylic acids is 1. The van der Waals surface area contributed by atoms with Crippen LogP contribution in [0.15, 0.2) is 47.1 Å². The summed E-state index contributed by atoms with van der Waals surface area (Å²) in [7, 11) is 1.73. The fraction of sp³-hybridized carbons (Fsp3) is 0.263. The van der Waals surface area contributed by atoms with Crippen molar-refractivity contribution < 1.29 is 13.9 Å². The van der Waals surface area contributed by atoms with E-state index >= 15 is 0 Å². The third-order valence-electron chi connectivity index (χ3n) is 3.82. The fourth-order valence-corrected chi connectivity index (χ4v) is 2.60. The largest absolute Gasteiger partial charge is 0.492 e. The SMILES string of the molecule is Cc1cc(C)cc(OCCN(C)C(=O)c2cc(-c3ccco3)[nH]n2)c1. The number of benzene rings is 1. The van der Waals surface area contributed by atoms with E-state index in [1.165, 1.54) is 0 Å². The van der Waals surface area contributed by atoms with Crippen molar-refractivity contribution in [1.29, 1.82) is 0 Å². The molecule has 1 aromatic carbocycles. The number of aromatic nitrogens is 2. The molecule has 0 aliphatic heterocycles. The van der Waals surface area contributed by atoms with Gasteiger partial charge in [0.15, 0.2) is 11.5 Å². The second kappa shape index (κ2) is 7.25. The highest BCUT2D eigenvalue weighted by Crippen LogP contribution is 2.19. The molecule has 6 heteroatoms. The number of ether oxygens (including phenoxy) is 1. The molecule has 0 saturated carbocycles. The lowest BCUT2D eigenvalue weighted by atomic mass is 10.1. The number of carbonyl (C=O) groups is 1. The zero-order chi connectivity index (χ0) is 17.8. The van der Waals surface area contributed by atoms with Crippen molar-refractivity contribution in [2.45, 2.75) is 13.8 Å². The van der Waals surface area contributed by atoms with Crippen molar-refractivity contribution >= 4 is 5.91 Å². The Morgan fingerprint density at radius 2 is 2.00 bits per heavy atom. The average molecular weight is 339 g/mol. The Balaban J connectivity index is 1.56. The van der Waals surface area contributed by atoms with Crippen LogP contribution in [0.4, 0.5) is 0 Å². The van der Waals surface area contributed by atoms with E-state index in [1.54, 1.807) is 30.3 Å². The van der Waals surface area contributed by atoms with Crippen molar-refractivity contribution in [3.63, 3.8) is 0 Å². The van der Waals surface area contributed by atoms with Crippen molar-refractivity contribution in [3.8, 4) is 17.2 Å². The highest BCUT2D eigenvalue weighted by molar-refractivity contribution is 5.93. The minimum Gasteiger partial charge on any atom is -0.492 e. The molecule has 0 aliphatic carbocycles. The van der Waals surface area contributed by atoms with Gasteiger partial charge >= 0.3 is 0 Å². The van der Waals surface area contributed by atoms with Gasteiger partial charge in [0.1, 0.15) is 18.1 Å². The number of rotatable bonds is 6. The molecule has 130 valence electrons. The topological polar surface area (TPSA) is 71.4 Å². The van der Waals surface area contributed by atoms with Crippen molar-refractivity contribution in [3.05, 3.63) is 59.5 Å². The smallest absolute Gasteiger partial charge is 0.274 e. The van der Waals surface area contributed by atoms with Crippen LogP contribution in [0.5, 0.6) is 5.75 Å². The number of H-pyrrole nitrogens is 1. The third-order valence-corrected chi connectivity index (χ3v) is 3.82. The number of aromatic amines is 1. The fourth-order valence-electron chi connectivity index (χ4n) is 2.60. The molecular weight excluding hydrogens is 318 g/mol. The number of amides is 1. The van der Waals surface area contributed by atoms with E-state index < -0.39 is 0 Å². The van der Waals surface area contributed by atoms with E-state index in [4.69, 9.17) is 9.15 Å². The average Bonchev–Trinajstić information content (AvgIpc) is 3.24. The standard InChI is InChI=1S/C19H21N3O3/c1-13-9-14(2)11-15(10-13)24-8-6-22(3)19(23)17-12-16(20-21-17)18-5-4-7-25-18/h4-5,7,9-12H,6,8H2,1-3H3,(H,20,21). The molecule has 0 saturated heterocycles. The lowest BCUT2D eigenvalue weighted by molar-refractivity contribution is 0.0768. The molecule has 1 N–H and O–H groups in total. The van der Waals surface area contributed by atoms with Gasteiger partial charge in [-0.25, -0.2) is 0 Å². The number of nitrogens with zero attached hydrogens (tertiary/aromatic N) is 2. The van der Waals surface area contributed by atoms with Crippen LogP contribution in [-0.4, -0.2) is 41.2 Å². The summed E-state index contributed by atoms with van der Waals surface area (Å²) in [6.07, 6.45) is 1.58. The zero-order valence-electron chi connectivity index (χ0n) is 14.6. The molecular formula is C19H21N3O3. The zero-order valence-corrected chi connectivity index (χ0v) is 14.6. The Kier molecular flexibility index (Phi) is 4.88. The second-order valence-corrected chi connectivity index (χ2v) is 6.04. The maximum atomic E-state index is 12.4. The third kappa shape index (κ3) is 4.09. The highest BCUT2D eigenvalue weighted by atomic mass is 16.5. The molecule has 3 aromatic rings. The van der Waals surface area contributed by atoms with Crippen LogP contribution < -0.4 is 4.74 Å². The number of hydrogen-bond donors (Lipinski definition) is 1. The van der Waals surface area contributed by atoms with E-state index in [0.717, 1.165) is 16.9 Å². The van der Waals surface area contributed by atoms with Gasteiger partial charge in [-0.15, -0.1) is 0 Å². The van der Waals surface area contributed by atoms with Crippen LogP contribution in [0.25, 0.3) is 11.5 Å². The molecule has 0 spiro atoms. The quantitative estimate of drug-likeness (QED) is 0.747. The Hall–Kier alpha value is -3.02. The Labute approximate surface area is 146 Å². The van der Waals surface area contributed by atoms with Gasteiger partial charge in [0.2, 0.25) is 0 Å². The van der Waals surface area contributed by atoms with Crippen molar-refractivity contribution in [2.75, 3.05) is 20.2 Å². The van der Waals surface area contributed by atoms with Gasteiger partial charge in [-0.05, 0) is 49.2 Å². The van der Waals surface area contributed by atoms with Crippen LogP contribution in [0, 0.1) is 13.8 Å². The number of likely N-dealkylation sites (N-methyl/N-ethyl adjacent to an activating group) is 1. The van der Waals surface area contributed by atoms with Crippen LogP contribution in [0.2, 0.25) is 0 Å². The van der Waals surface area contributed by atoms with E-state index in [0.29, 0.717) is 30.3 Å². The van der Waals surface area contributed by atoms with Gasteiger partial charge in [0.05, 0.1) is 12.8 Å². The predicted molar refractivity (Wildman–Crippen MR) is 94.7 cm³/mol. The molecule has 25 heavy (non-hydrogen) atoms. The lowest BCUT2D eigenvalue weighted by Gasteiger charge is -2.16. The molecule has 6 nitrogen and oxygen atoms in total. The van der Waals surface area contributed by atoms with Gasteiger partial charge < -0.3 is 14.1 Å². The summed E-state index contributed by atoms with van der Waals surface area (Å²) >= 11 is 0. The minimum absolute atomic E-state index is 0.168. The van der Waals surface area contributed by atoms with E-state index in [2.05, 4.69) is 16.3 Å². The van der Waals surface area contributed by atoms with E-state index in [1.807, 2.05) is 32.0 Å². The monoisotopic (exact) mass is 339 g/mol.